The molecule has 0 fully saturated rings. The smallest absolute Gasteiger partial charge is 0.0659 e. The largest absolute Gasteiger partial charge is 0.381 e. The zero-order valence-electron chi connectivity index (χ0n) is 11.3. The highest BCUT2D eigenvalue weighted by molar-refractivity contribution is 6.36. The van der Waals surface area contributed by atoms with Crippen LogP contribution in [0.3, 0.4) is 0 Å². The normalized spacial score (nSPS) is 10.4. The first-order valence-electron chi connectivity index (χ1n) is 6.12. The summed E-state index contributed by atoms with van der Waals surface area (Å²) in [6.45, 7) is 0.552. The van der Waals surface area contributed by atoms with Gasteiger partial charge in [0.1, 0.15) is 0 Å². The average Bonchev–Trinajstić information content (AvgIpc) is 2.37. The molecule has 0 aliphatic carbocycles. The summed E-state index contributed by atoms with van der Waals surface area (Å²) in [7, 11) is 3.91. The summed E-state index contributed by atoms with van der Waals surface area (Å²) in [5, 5.41) is 5.28. The standard InChI is InChI=1S/C15H15Cl3N2/c1-20(2)15-7-6-10(8-14(15)18)19-9-11-12(16)4-3-5-13(11)17/h3-8,19H,9H2,1-2H3. The summed E-state index contributed by atoms with van der Waals surface area (Å²) in [4.78, 5) is 1.97. The van der Waals surface area contributed by atoms with Gasteiger partial charge in [0.05, 0.1) is 10.7 Å². The van der Waals surface area contributed by atoms with E-state index >= 15 is 0 Å². The van der Waals surface area contributed by atoms with Crippen LogP contribution in [0.4, 0.5) is 11.4 Å². The second-order valence-electron chi connectivity index (χ2n) is 4.61. The van der Waals surface area contributed by atoms with Crippen molar-refractivity contribution in [1.82, 2.24) is 0 Å². The first-order valence-corrected chi connectivity index (χ1v) is 7.26. The molecule has 2 rings (SSSR count). The minimum absolute atomic E-state index is 0.552. The number of nitrogens with one attached hydrogen (secondary N) is 1. The van der Waals surface area contributed by atoms with Gasteiger partial charge in [0.25, 0.3) is 0 Å². The van der Waals surface area contributed by atoms with Crippen molar-refractivity contribution in [2.24, 2.45) is 0 Å². The number of hydrogen-bond donors (Lipinski definition) is 1. The molecule has 0 unspecified atom stereocenters. The fourth-order valence-electron chi connectivity index (χ4n) is 1.87. The third-order valence-electron chi connectivity index (χ3n) is 2.96. The molecule has 20 heavy (non-hydrogen) atoms. The van der Waals surface area contributed by atoms with Gasteiger partial charge in [-0.15, -0.1) is 0 Å². The van der Waals surface area contributed by atoms with Crippen LogP contribution in [0.15, 0.2) is 36.4 Å². The van der Waals surface area contributed by atoms with Crippen molar-refractivity contribution in [1.29, 1.82) is 0 Å². The number of nitrogens with zero attached hydrogens (tertiary/aromatic N) is 1. The van der Waals surface area contributed by atoms with Crippen LogP contribution >= 0.6 is 34.8 Å². The van der Waals surface area contributed by atoms with Gasteiger partial charge in [0, 0.05) is 41.9 Å². The zero-order chi connectivity index (χ0) is 14.7. The minimum atomic E-state index is 0.552. The molecule has 0 heterocycles. The molecule has 0 amide bonds. The second kappa shape index (κ2) is 6.57. The van der Waals surface area contributed by atoms with E-state index < -0.39 is 0 Å². The van der Waals surface area contributed by atoms with E-state index in [0.717, 1.165) is 16.9 Å². The lowest BCUT2D eigenvalue weighted by Gasteiger charge is -2.16. The molecule has 5 heteroatoms. The number of anilines is 2. The van der Waals surface area contributed by atoms with Crippen molar-refractivity contribution in [2.75, 3.05) is 24.3 Å². The first-order chi connectivity index (χ1) is 9.49. The van der Waals surface area contributed by atoms with Crippen molar-refractivity contribution in [3.05, 3.63) is 57.0 Å². The molecule has 0 aliphatic rings. The van der Waals surface area contributed by atoms with Crippen LogP contribution in [0.1, 0.15) is 5.56 Å². The Balaban J connectivity index is 2.14. The predicted molar refractivity (Wildman–Crippen MR) is 89.6 cm³/mol. The van der Waals surface area contributed by atoms with Crippen LogP contribution in [0.5, 0.6) is 0 Å². The van der Waals surface area contributed by atoms with Gasteiger partial charge in [0.15, 0.2) is 0 Å². The van der Waals surface area contributed by atoms with Gasteiger partial charge in [-0.05, 0) is 30.3 Å². The fraction of sp³-hybridized carbons (Fsp3) is 0.200. The van der Waals surface area contributed by atoms with Crippen LogP contribution in [-0.4, -0.2) is 14.1 Å². The van der Waals surface area contributed by atoms with Gasteiger partial charge in [-0.25, -0.2) is 0 Å². The molecule has 2 aromatic rings. The summed E-state index contributed by atoms with van der Waals surface area (Å²) in [6, 6.07) is 11.3. The Bertz CT molecular complexity index is 592. The van der Waals surface area contributed by atoms with Crippen molar-refractivity contribution in [3.8, 4) is 0 Å². The zero-order valence-corrected chi connectivity index (χ0v) is 13.5. The highest BCUT2D eigenvalue weighted by atomic mass is 35.5. The SMILES string of the molecule is CN(C)c1ccc(NCc2c(Cl)cccc2Cl)cc1Cl. The second-order valence-corrected chi connectivity index (χ2v) is 5.84. The van der Waals surface area contributed by atoms with Gasteiger partial charge in [-0.3, -0.25) is 0 Å². The van der Waals surface area contributed by atoms with Crippen molar-refractivity contribution >= 4 is 46.2 Å². The maximum absolute atomic E-state index is 6.23. The van der Waals surface area contributed by atoms with E-state index in [4.69, 9.17) is 34.8 Å². The Hall–Kier alpha value is -1.09. The lowest BCUT2D eigenvalue weighted by atomic mass is 10.2. The Morgan fingerprint density at radius 1 is 0.950 bits per heavy atom. The van der Waals surface area contributed by atoms with Crippen molar-refractivity contribution in [3.63, 3.8) is 0 Å². The molecule has 2 aromatic carbocycles. The lowest BCUT2D eigenvalue weighted by molar-refractivity contribution is 1.12. The molecule has 0 saturated carbocycles. The van der Waals surface area contributed by atoms with E-state index in [1.165, 1.54) is 0 Å². The van der Waals surface area contributed by atoms with E-state index in [2.05, 4.69) is 5.32 Å². The molecule has 0 radical (unpaired) electrons. The maximum atomic E-state index is 6.23. The number of hydrogen-bond acceptors (Lipinski definition) is 2. The molecule has 2 nitrogen and oxygen atoms in total. The summed E-state index contributed by atoms with van der Waals surface area (Å²) < 4.78 is 0. The molecule has 0 saturated heterocycles. The van der Waals surface area contributed by atoms with Gasteiger partial charge in [-0.1, -0.05) is 40.9 Å². The molecule has 0 bridgehead atoms. The Kier molecular flexibility index (Phi) is 5.03. The Morgan fingerprint density at radius 3 is 2.15 bits per heavy atom. The topological polar surface area (TPSA) is 15.3 Å². The Labute approximate surface area is 134 Å². The third-order valence-corrected chi connectivity index (χ3v) is 3.97. The minimum Gasteiger partial charge on any atom is -0.381 e. The average molecular weight is 330 g/mol. The monoisotopic (exact) mass is 328 g/mol. The molecule has 0 spiro atoms. The van der Waals surface area contributed by atoms with Crippen molar-refractivity contribution in [2.45, 2.75) is 6.54 Å². The lowest BCUT2D eigenvalue weighted by Crippen LogP contribution is -2.09. The number of benzene rings is 2. The van der Waals surface area contributed by atoms with E-state index in [1.807, 2.05) is 55.4 Å². The van der Waals surface area contributed by atoms with Gasteiger partial charge in [-0.2, -0.15) is 0 Å². The molecule has 106 valence electrons. The molecular weight excluding hydrogens is 315 g/mol. The van der Waals surface area contributed by atoms with Crippen LogP contribution in [0, 0.1) is 0 Å². The first kappa shape index (κ1) is 15.3. The molecular formula is C15H15Cl3N2. The fourth-order valence-corrected chi connectivity index (χ4v) is 2.75. The summed E-state index contributed by atoms with van der Waals surface area (Å²) >= 11 is 18.5. The molecule has 1 N–H and O–H groups in total. The van der Waals surface area contributed by atoms with E-state index in [1.54, 1.807) is 0 Å². The van der Waals surface area contributed by atoms with Gasteiger partial charge < -0.3 is 10.2 Å². The summed E-state index contributed by atoms with van der Waals surface area (Å²) in [5.74, 6) is 0. The van der Waals surface area contributed by atoms with Gasteiger partial charge in [0.2, 0.25) is 0 Å². The Morgan fingerprint density at radius 2 is 1.60 bits per heavy atom. The van der Waals surface area contributed by atoms with Crippen LogP contribution < -0.4 is 10.2 Å². The quantitative estimate of drug-likeness (QED) is 0.816. The molecule has 0 atom stereocenters. The van der Waals surface area contributed by atoms with E-state index in [-0.39, 0.29) is 0 Å². The molecule has 0 aromatic heterocycles. The van der Waals surface area contributed by atoms with E-state index in [0.29, 0.717) is 21.6 Å². The summed E-state index contributed by atoms with van der Waals surface area (Å²) in [6.07, 6.45) is 0. The van der Waals surface area contributed by atoms with Crippen molar-refractivity contribution < 1.29 is 0 Å². The highest BCUT2D eigenvalue weighted by Gasteiger charge is 2.07. The van der Waals surface area contributed by atoms with Crippen LogP contribution in [-0.2, 0) is 6.54 Å². The summed E-state index contributed by atoms with van der Waals surface area (Å²) in [5.41, 5.74) is 2.79. The maximum Gasteiger partial charge on any atom is 0.0659 e. The third kappa shape index (κ3) is 3.51. The van der Waals surface area contributed by atoms with Gasteiger partial charge >= 0.3 is 0 Å². The van der Waals surface area contributed by atoms with Crippen LogP contribution in [0.25, 0.3) is 0 Å². The van der Waals surface area contributed by atoms with Crippen LogP contribution in [0.2, 0.25) is 15.1 Å². The number of rotatable bonds is 4. The highest BCUT2D eigenvalue weighted by Crippen LogP contribution is 2.29. The number of halogens is 3. The predicted octanol–water partition coefficient (Wildman–Crippen LogP) is 5.32. The molecule has 0 aliphatic heterocycles. The van der Waals surface area contributed by atoms with E-state index in [9.17, 15) is 0 Å².